The highest BCUT2D eigenvalue weighted by molar-refractivity contribution is 7.25. The molecule has 0 spiro atoms. The molecule has 0 radical (unpaired) electrons. The summed E-state index contributed by atoms with van der Waals surface area (Å²) in [6.07, 6.45) is 3.63. The van der Waals surface area contributed by atoms with Crippen LogP contribution in [0.5, 0.6) is 0 Å². The second kappa shape index (κ2) is 10.3. The quantitative estimate of drug-likeness (QED) is 0.184. The van der Waals surface area contributed by atoms with Gasteiger partial charge in [0.05, 0.1) is 6.20 Å². The Bertz CT molecular complexity index is 2800. The first-order valence-electron chi connectivity index (χ1n) is 15.8. The van der Waals surface area contributed by atoms with E-state index in [0.717, 1.165) is 55.2 Å². The van der Waals surface area contributed by atoms with Crippen molar-refractivity contribution in [1.29, 1.82) is 0 Å². The molecule has 0 bridgehead atoms. The van der Waals surface area contributed by atoms with E-state index in [-0.39, 0.29) is 0 Å². The standard InChI is InChI=1S/C43H26N2OS/c1-2-6-27(7-3-1)28-12-15-31(16-13-28)45(33-18-21-37-36-8-4-5-9-40(36)47-41(37)25-33)32-17-20-34-30(24-32)11-10-29-14-19-38-35-22-23-44-26-39(35)46-43(38)42(29)34/h1-26H. The van der Waals surface area contributed by atoms with Crippen molar-refractivity contribution in [3.05, 3.63) is 158 Å². The number of pyridine rings is 1. The van der Waals surface area contributed by atoms with E-state index < -0.39 is 0 Å². The minimum atomic E-state index is 0.811. The predicted octanol–water partition coefficient (Wildman–Crippen LogP) is 12.8. The Balaban J connectivity index is 1.17. The van der Waals surface area contributed by atoms with Gasteiger partial charge in [0.2, 0.25) is 0 Å². The van der Waals surface area contributed by atoms with Crippen LogP contribution in [0.3, 0.4) is 0 Å². The molecular formula is C43H26N2OS. The van der Waals surface area contributed by atoms with E-state index in [4.69, 9.17) is 4.42 Å². The highest BCUT2D eigenvalue weighted by atomic mass is 32.1. The van der Waals surface area contributed by atoms with Gasteiger partial charge in [0.1, 0.15) is 5.58 Å². The number of thiophene rings is 1. The molecule has 10 rings (SSSR count). The normalized spacial score (nSPS) is 11.8. The van der Waals surface area contributed by atoms with Crippen molar-refractivity contribution in [2.75, 3.05) is 4.90 Å². The molecule has 3 aromatic heterocycles. The third-order valence-electron chi connectivity index (χ3n) is 9.33. The van der Waals surface area contributed by atoms with Crippen molar-refractivity contribution in [3.8, 4) is 11.1 Å². The highest BCUT2D eigenvalue weighted by Gasteiger charge is 2.18. The Morgan fingerprint density at radius 1 is 0.489 bits per heavy atom. The van der Waals surface area contributed by atoms with Crippen LogP contribution in [0, 0.1) is 0 Å². The summed E-state index contributed by atoms with van der Waals surface area (Å²) in [5, 5.41) is 9.43. The van der Waals surface area contributed by atoms with Crippen LogP contribution in [0.25, 0.3) is 74.8 Å². The molecule has 7 aromatic carbocycles. The largest absolute Gasteiger partial charge is 0.454 e. The number of hydrogen-bond acceptors (Lipinski definition) is 4. The maximum atomic E-state index is 6.43. The van der Waals surface area contributed by atoms with Crippen LogP contribution < -0.4 is 4.90 Å². The monoisotopic (exact) mass is 618 g/mol. The number of anilines is 3. The zero-order valence-electron chi connectivity index (χ0n) is 25.2. The Hall–Kier alpha value is -5.97. The number of nitrogens with zero attached hydrogens (tertiary/aromatic N) is 2. The van der Waals surface area contributed by atoms with E-state index in [1.165, 1.54) is 36.7 Å². The first-order valence-corrected chi connectivity index (χ1v) is 16.6. The Morgan fingerprint density at radius 2 is 1.17 bits per heavy atom. The lowest BCUT2D eigenvalue weighted by Crippen LogP contribution is -2.09. The molecule has 220 valence electrons. The second-order valence-corrected chi connectivity index (χ2v) is 13.1. The molecule has 0 saturated heterocycles. The molecule has 47 heavy (non-hydrogen) atoms. The average molecular weight is 619 g/mol. The van der Waals surface area contributed by atoms with Crippen molar-refractivity contribution in [1.82, 2.24) is 4.98 Å². The topological polar surface area (TPSA) is 29.3 Å². The third-order valence-corrected chi connectivity index (χ3v) is 10.5. The molecule has 0 unspecified atom stereocenters. The van der Waals surface area contributed by atoms with Crippen LogP contribution in [0.15, 0.2) is 162 Å². The summed E-state index contributed by atoms with van der Waals surface area (Å²) in [4.78, 5) is 6.66. The minimum absolute atomic E-state index is 0.811. The van der Waals surface area contributed by atoms with Gasteiger partial charge in [0.15, 0.2) is 5.58 Å². The number of hydrogen-bond donors (Lipinski definition) is 0. The van der Waals surface area contributed by atoms with E-state index in [1.807, 2.05) is 23.6 Å². The van der Waals surface area contributed by atoms with Crippen LogP contribution in [0.2, 0.25) is 0 Å². The third kappa shape index (κ3) is 4.16. The fourth-order valence-corrected chi connectivity index (χ4v) is 8.23. The van der Waals surface area contributed by atoms with Crippen molar-refractivity contribution >= 4 is 92.1 Å². The lowest BCUT2D eigenvalue weighted by molar-refractivity contribution is 0.671. The van der Waals surface area contributed by atoms with Gasteiger partial charge < -0.3 is 9.32 Å². The molecule has 3 heterocycles. The number of aromatic nitrogens is 1. The number of benzene rings is 7. The van der Waals surface area contributed by atoms with Crippen LogP contribution >= 0.6 is 11.3 Å². The summed E-state index contributed by atoms with van der Waals surface area (Å²) in [6, 6.07) is 52.6. The molecular weight excluding hydrogens is 593 g/mol. The van der Waals surface area contributed by atoms with Gasteiger partial charge in [-0.15, -0.1) is 11.3 Å². The van der Waals surface area contributed by atoms with Crippen LogP contribution in [-0.2, 0) is 0 Å². The molecule has 4 heteroatoms. The Morgan fingerprint density at radius 3 is 2.06 bits per heavy atom. The van der Waals surface area contributed by atoms with Crippen molar-refractivity contribution in [2.45, 2.75) is 0 Å². The van der Waals surface area contributed by atoms with E-state index in [2.05, 4.69) is 149 Å². The Labute approximate surface area is 274 Å². The zero-order chi connectivity index (χ0) is 30.9. The molecule has 0 aliphatic heterocycles. The summed E-state index contributed by atoms with van der Waals surface area (Å²) < 4.78 is 9.02. The maximum Gasteiger partial charge on any atom is 0.153 e. The van der Waals surface area contributed by atoms with Gasteiger partial charge in [-0.3, -0.25) is 4.98 Å². The highest BCUT2D eigenvalue weighted by Crippen LogP contribution is 2.43. The van der Waals surface area contributed by atoms with E-state index in [9.17, 15) is 0 Å². The second-order valence-electron chi connectivity index (χ2n) is 12.0. The molecule has 3 nitrogen and oxygen atoms in total. The molecule has 10 aromatic rings. The zero-order valence-corrected chi connectivity index (χ0v) is 26.0. The van der Waals surface area contributed by atoms with Gasteiger partial charge >= 0.3 is 0 Å². The van der Waals surface area contributed by atoms with Gasteiger partial charge in [0.25, 0.3) is 0 Å². The molecule has 0 aliphatic rings. The summed E-state index contributed by atoms with van der Waals surface area (Å²) in [5.74, 6) is 0. The van der Waals surface area contributed by atoms with Crippen molar-refractivity contribution in [3.63, 3.8) is 0 Å². The molecule has 0 fully saturated rings. The number of rotatable bonds is 4. The van der Waals surface area contributed by atoms with E-state index >= 15 is 0 Å². The lowest BCUT2D eigenvalue weighted by atomic mass is 9.98. The van der Waals surface area contributed by atoms with Gasteiger partial charge in [-0.05, 0) is 81.9 Å². The molecule has 0 atom stereocenters. The SMILES string of the molecule is c1ccc(-c2ccc(N(c3ccc4c(ccc5ccc6c7ccncc7oc6c54)c3)c3ccc4c(c3)sc3ccccc34)cc2)cc1. The molecule has 0 aliphatic carbocycles. The average Bonchev–Trinajstić information content (AvgIpc) is 3.70. The van der Waals surface area contributed by atoms with Crippen molar-refractivity contribution < 1.29 is 4.42 Å². The Kier molecular flexibility index (Phi) is 5.74. The summed E-state index contributed by atoms with van der Waals surface area (Å²) in [7, 11) is 0. The van der Waals surface area contributed by atoms with Gasteiger partial charge in [-0.25, -0.2) is 0 Å². The fourth-order valence-electron chi connectivity index (χ4n) is 7.10. The molecule has 0 amide bonds. The first kappa shape index (κ1) is 26.3. The number of furan rings is 1. The van der Waals surface area contributed by atoms with Gasteiger partial charge in [-0.1, -0.05) is 91.0 Å². The lowest BCUT2D eigenvalue weighted by Gasteiger charge is -2.26. The predicted molar refractivity (Wildman–Crippen MR) is 200 cm³/mol. The van der Waals surface area contributed by atoms with Crippen LogP contribution in [0.1, 0.15) is 0 Å². The summed E-state index contributed by atoms with van der Waals surface area (Å²) in [5.41, 5.74) is 7.47. The first-order chi connectivity index (χ1) is 23.3. The maximum absolute atomic E-state index is 6.43. The molecule has 0 saturated carbocycles. The van der Waals surface area contributed by atoms with Gasteiger partial charge in [0, 0.05) is 59.6 Å². The smallest absolute Gasteiger partial charge is 0.153 e. The minimum Gasteiger partial charge on any atom is -0.454 e. The fraction of sp³-hybridized carbons (Fsp3) is 0. The van der Waals surface area contributed by atoms with Crippen LogP contribution in [-0.4, -0.2) is 4.98 Å². The summed E-state index contributed by atoms with van der Waals surface area (Å²) in [6.45, 7) is 0. The van der Waals surface area contributed by atoms with Gasteiger partial charge in [-0.2, -0.15) is 0 Å². The summed E-state index contributed by atoms with van der Waals surface area (Å²) >= 11 is 1.85. The van der Waals surface area contributed by atoms with Crippen molar-refractivity contribution in [2.24, 2.45) is 0 Å². The molecule has 0 N–H and O–H groups in total. The van der Waals surface area contributed by atoms with E-state index in [1.54, 1.807) is 6.20 Å². The van der Waals surface area contributed by atoms with Crippen LogP contribution in [0.4, 0.5) is 17.1 Å². The van der Waals surface area contributed by atoms with E-state index in [0.29, 0.717) is 0 Å². The number of fused-ring (bicyclic) bond motifs is 10.